The molecule has 2 heterocycles. The van der Waals surface area contributed by atoms with Crippen molar-refractivity contribution in [2.45, 2.75) is 26.4 Å². The normalized spacial score (nSPS) is 16.4. The van der Waals surface area contributed by atoms with Crippen LogP contribution in [-0.2, 0) is 11.3 Å². The number of morpholine rings is 1. The average Bonchev–Trinajstić information content (AvgIpc) is 2.99. The maximum absolute atomic E-state index is 5.94. The van der Waals surface area contributed by atoms with E-state index in [0.29, 0.717) is 12.6 Å². The molecule has 7 heteroatoms. The fraction of sp³-hybridized carbons (Fsp3) is 0.500. The van der Waals surface area contributed by atoms with Gasteiger partial charge in [0, 0.05) is 31.4 Å². The summed E-state index contributed by atoms with van der Waals surface area (Å²) in [6.45, 7) is 7.92. The van der Waals surface area contributed by atoms with Crippen LogP contribution in [0, 0.1) is 0 Å². The highest BCUT2D eigenvalue weighted by atomic mass is 16.5. The zero-order valence-corrected chi connectivity index (χ0v) is 13.6. The van der Waals surface area contributed by atoms with Crippen LogP contribution in [0.1, 0.15) is 25.7 Å². The van der Waals surface area contributed by atoms with Crippen LogP contribution >= 0.6 is 0 Å². The third kappa shape index (κ3) is 3.46. The van der Waals surface area contributed by atoms with Gasteiger partial charge in [0.05, 0.1) is 19.3 Å². The Bertz CT molecular complexity index is 650. The van der Waals surface area contributed by atoms with Crippen molar-refractivity contribution in [2.24, 2.45) is 5.73 Å². The van der Waals surface area contributed by atoms with E-state index in [1.54, 1.807) is 0 Å². The second kappa shape index (κ2) is 6.97. The zero-order valence-electron chi connectivity index (χ0n) is 13.6. The summed E-state index contributed by atoms with van der Waals surface area (Å²) in [5.74, 6) is 1.47. The second-order valence-electron chi connectivity index (χ2n) is 5.57. The predicted octanol–water partition coefficient (Wildman–Crippen LogP) is 1.95. The van der Waals surface area contributed by atoms with Crippen molar-refractivity contribution in [3.8, 4) is 11.8 Å². The Morgan fingerprint density at radius 1 is 1.30 bits per heavy atom. The molecule has 124 valence electrons. The van der Waals surface area contributed by atoms with E-state index < -0.39 is 0 Å². The summed E-state index contributed by atoms with van der Waals surface area (Å²) in [4.78, 5) is 2.29. The van der Waals surface area contributed by atoms with Gasteiger partial charge in [-0.05, 0) is 26.0 Å². The van der Waals surface area contributed by atoms with Crippen LogP contribution in [0.2, 0.25) is 0 Å². The molecule has 0 unspecified atom stereocenters. The molecule has 0 bridgehead atoms. The molecule has 2 aromatic rings. The molecule has 2 N–H and O–H groups in total. The van der Waals surface area contributed by atoms with Gasteiger partial charge in [-0.25, -0.2) is 0 Å². The molecule has 1 aromatic carbocycles. The first kappa shape index (κ1) is 15.8. The smallest absolute Gasteiger partial charge is 0.322 e. The molecule has 23 heavy (non-hydrogen) atoms. The van der Waals surface area contributed by atoms with Crippen LogP contribution in [0.25, 0.3) is 0 Å². The Labute approximate surface area is 136 Å². The van der Waals surface area contributed by atoms with Crippen molar-refractivity contribution < 1.29 is 9.47 Å². The van der Waals surface area contributed by atoms with E-state index in [9.17, 15) is 0 Å². The van der Waals surface area contributed by atoms with E-state index in [4.69, 9.17) is 15.2 Å². The number of ether oxygens (including phenoxy) is 2. The predicted molar refractivity (Wildman–Crippen MR) is 87.8 cm³/mol. The molecule has 1 aliphatic heterocycles. The number of anilines is 1. The minimum absolute atomic E-state index is 0.181. The number of rotatable bonds is 5. The lowest BCUT2D eigenvalue weighted by atomic mass is 10.2. The maximum Gasteiger partial charge on any atom is 0.322 e. The van der Waals surface area contributed by atoms with Gasteiger partial charge in [-0.3, -0.25) is 4.57 Å². The fourth-order valence-electron chi connectivity index (χ4n) is 2.68. The lowest BCUT2D eigenvalue weighted by molar-refractivity contribution is 0.122. The topological polar surface area (TPSA) is 78.4 Å². The van der Waals surface area contributed by atoms with Gasteiger partial charge in [0.1, 0.15) is 5.75 Å². The first-order chi connectivity index (χ1) is 11.2. The average molecular weight is 317 g/mol. The van der Waals surface area contributed by atoms with E-state index in [1.807, 2.05) is 36.6 Å². The van der Waals surface area contributed by atoms with Crippen molar-refractivity contribution >= 4 is 5.69 Å². The lowest BCUT2D eigenvalue weighted by Gasteiger charge is -2.29. The van der Waals surface area contributed by atoms with Gasteiger partial charge in [-0.15, -0.1) is 5.10 Å². The van der Waals surface area contributed by atoms with Gasteiger partial charge in [0.2, 0.25) is 0 Å². The zero-order chi connectivity index (χ0) is 16.2. The molecule has 1 aromatic heterocycles. The van der Waals surface area contributed by atoms with Crippen LogP contribution < -0.4 is 15.4 Å². The van der Waals surface area contributed by atoms with Gasteiger partial charge in [-0.1, -0.05) is 11.2 Å². The molecule has 0 spiro atoms. The molecule has 1 atom stereocenters. The van der Waals surface area contributed by atoms with Crippen LogP contribution in [0.5, 0.6) is 11.8 Å². The summed E-state index contributed by atoms with van der Waals surface area (Å²) >= 11 is 0. The van der Waals surface area contributed by atoms with Crippen molar-refractivity contribution in [2.75, 3.05) is 31.2 Å². The van der Waals surface area contributed by atoms with Gasteiger partial charge in [0.25, 0.3) is 0 Å². The monoisotopic (exact) mass is 317 g/mol. The summed E-state index contributed by atoms with van der Waals surface area (Å²) in [7, 11) is 0. The Hall–Kier alpha value is -2.12. The van der Waals surface area contributed by atoms with Gasteiger partial charge in [-0.2, -0.15) is 0 Å². The Balaban J connectivity index is 1.80. The third-order valence-corrected chi connectivity index (χ3v) is 3.87. The molecule has 0 radical (unpaired) electrons. The Kier molecular flexibility index (Phi) is 4.78. The number of hydrogen-bond donors (Lipinski definition) is 1. The number of nitrogens with two attached hydrogens (primary N) is 1. The first-order valence-electron chi connectivity index (χ1n) is 7.98. The molecular formula is C16H23N5O2. The van der Waals surface area contributed by atoms with Crippen molar-refractivity contribution in [1.82, 2.24) is 14.8 Å². The maximum atomic E-state index is 5.94. The van der Waals surface area contributed by atoms with Crippen molar-refractivity contribution in [3.05, 3.63) is 30.1 Å². The molecular weight excluding hydrogens is 294 g/mol. The fourth-order valence-corrected chi connectivity index (χ4v) is 2.68. The molecule has 1 saturated heterocycles. The Morgan fingerprint density at radius 3 is 2.78 bits per heavy atom. The highest BCUT2D eigenvalue weighted by Crippen LogP contribution is 2.26. The van der Waals surface area contributed by atoms with Crippen LogP contribution in [0.3, 0.4) is 0 Å². The van der Waals surface area contributed by atoms with Crippen LogP contribution in [0.4, 0.5) is 5.69 Å². The van der Waals surface area contributed by atoms with E-state index in [1.165, 1.54) is 0 Å². The van der Waals surface area contributed by atoms with Gasteiger partial charge in [0.15, 0.2) is 5.82 Å². The molecule has 1 aliphatic rings. The Morgan fingerprint density at radius 2 is 2.09 bits per heavy atom. The summed E-state index contributed by atoms with van der Waals surface area (Å²) in [6.07, 6.45) is 0. The quantitative estimate of drug-likeness (QED) is 0.908. The van der Waals surface area contributed by atoms with Gasteiger partial charge >= 0.3 is 6.01 Å². The first-order valence-corrected chi connectivity index (χ1v) is 7.98. The molecule has 7 nitrogen and oxygen atoms in total. The van der Waals surface area contributed by atoms with Crippen molar-refractivity contribution in [3.63, 3.8) is 0 Å². The molecule has 0 saturated carbocycles. The largest absolute Gasteiger partial charge is 0.424 e. The lowest BCUT2D eigenvalue weighted by Crippen LogP contribution is -2.36. The van der Waals surface area contributed by atoms with E-state index >= 15 is 0 Å². The SMILES string of the molecule is CCn1c(Oc2cccc(N3CCOCC3)c2)nnc1[C@@H](C)N. The van der Waals surface area contributed by atoms with Gasteiger partial charge < -0.3 is 20.1 Å². The van der Waals surface area contributed by atoms with E-state index in [-0.39, 0.29) is 6.04 Å². The summed E-state index contributed by atoms with van der Waals surface area (Å²) in [5, 5.41) is 8.25. The minimum atomic E-state index is -0.181. The molecule has 0 aliphatic carbocycles. The summed E-state index contributed by atoms with van der Waals surface area (Å²) in [5.41, 5.74) is 7.05. The van der Waals surface area contributed by atoms with Crippen LogP contribution in [0.15, 0.2) is 24.3 Å². The number of aromatic nitrogens is 3. The second-order valence-corrected chi connectivity index (χ2v) is 5.57. The molecule has 3 rings (SSSR count). The number of hydrogen-bond acceptors (Lipinski definition) is 6. The molecule has 0 amide bonds. The standard InChI is InChI=1S/C16H23N5O2/c1-3-21-15(12(2)17)18-19-16(21)23-14-6-4-5-13(11-14)20-7-9-22-10-8-20/h4-6,11-12H,3,7-10,17H2,1-2H3/t12-/m1/s1. The highest BCUT2D eigenvalue weighted by Gasteiger charge is 2.16. The summed E-state index contributed by atoms with van der Waals surface area (Å²) < 4.78 is 13.2. The summed E-state index contributed by atoms with van der Waals surface area (Å²) in [6, 6.07) is 8.30. The van der Waals surface area contributed by atoms with Crippen LogP contribution in [-0.4, -0.2) is 41.1 Å². The highest BCUT2D eigenvalue weighted by molar-refractivity contribution is 5.51. The third-order valence-electron chi connectivity index (χ3n) is 3.87. The van der Waals surface area contributed by atoms with E-state index in [2.05, 4.69) is 21.2 Å². The number of nitrogens with zero attached hydrogens (tertiary/aromatic N) is 4. The minimum Gasteiger partial charge on any atom is -0.424 e. The number of benzene rings is 1. The van der Waals surface area contributed by atoms with E-state index in [0.717, 1.165) is 43.6 Å². The molecule has 1 fully saturated rings. The van der Waals surface area contributed by atoms with Crippen molar-refractivity contribution in [1.29, 1.82) is 0 Å².